The van der Waals surface area contributed by atoms with Crippen LogP contribution in [-0.4, -0.2) is 21.2 Å². The zero-order valence-corrected chi connectivity index (χ0v) is 11.4. The molecule has 1 aromatic heterocycles. The van der Waals surface area contributed by atoms with Crippen LogP contribution in [0.4, 0.5) is 4.39 Å². The third-order valence-electron chi connectivity index (χ3n) is 3.17. The van der Waals surface area contributed by atoms with E-state index in [4.69, 9.17) is 5.11 Å². The molecule has 110 valence electrons. The number of pyridine rings is 1. The van der Waals surface area contributed by atoms with Crippen molar-refractivity contribution in [2.45, 2.75) is 20.0 Å². The van der Waals surface area contributed by atoms with Crippen molar-refractivity contribution in [2.24, 2.45) is 0 Å². The van der Waals surface area contributed by atoms with Gasteiger partial charge in [0, 0.05) is 19.3 Å². The molecule has 1 heterocycles. The Morgan fingerprint density at radius 1 is 1.29 bits per heavy atom. The number of rotatable bonds is 5. The number of hydrogen-bond acceptors (Lipinski definition) is 4. The Morgan fingerprint density at radius 2 is 1.95 bits per heavy atom. The lowest BCUT2D eigenvalue weighted by atomic mass is 10.1. The second kappa shape index (κ2) is 6.32. The molecule has 3 N–H and O–H groups in total. The Morgan fingerprint density at radius 3 is 2.57 bits per heavy atom. The Kier molecular flexibility index (Phi) is 4.49. The van der Waals surface area contributed by atoms with Crippen molar-refractivity contribution in [3.05, 3.63) is 58.7 Å². The number of carbonyl (C=O) groups is 1. The maximum Gasteiger partial charge on any atom is 0.358 e. The van der Waals surface area contributed by atoms with Gasteiger partial charge in [-0.1, -0.05) is 12.1 Å². The van der Waals surface area contributed by atoms with Crippen LogP contribution >= 0.6 is 0 Å². The van der Waals surface area contributed by atoms with Gasteiger partial charge in [0.15, 0.2) is 11.4 Å². The second-order valence-corrected chi connectivity index (χ2v) is 4.64. The third kappa shape index (κ3) is 3.55. The largest absolute Gasteiger partial charge is 0.505 e. The van der Waals surface area contributed by atoms with Crippen LogP contribution in [0.15, 0.2) is 30.5 Å². The predicted octanol–water partition coefficient (Wildman–Crippen LogP) is 2.22. The molecule has 6 heteroatoms. The van der Waals surface area contributed by atoms with E-state index in [-0.39, 0.29) is 17.3 Å². The average molecular weight is 290 g/mol. The van der Waals surface area contributed by atoms with E-state index < -0.39 is 5.97 Å². The first kappa shape index (κ1) is 14.9. The van der Waals surface area contributed by atoms with Gasteiger partial charge in [-0.05, 0) is 35.7 Å². The van der Waals surface area contributed by atoms with Crippen LogP contribution in [-0.2, 0) is 13.1 Å². The molecule has 0 aliphatic rings. The zero-order chi connectivity index (χ0) is 15.4. The molecule has 0 aliphatic heterocycles. The summed E-state index contributed by atoms with van der Waals surface area (Å²) >= 11 is 0. The summed E-state index contributed by atoms with van der Waals surface area (Å²) in [5.74, 6) is -1.86. The number of aromatic nitrogens is 1. The topological polar surface area (TPSA) is 82.5 Å². The van der Waals surface area contributed by atoms with Crippen LogP contribution in [0.25, 0.3) is 0 Å². The van der Waals surface area contributed by atoms with Gasteiger partial charge in [-0.15, -0.1) is 0 Å². The highest BCUT2D eigenvalue weighted by atomic mass is 19.1. The van der Waals surface area contributed by atoms with Crippen molar-refractivity contribution < 1.29 is 19.4 Å². The number of benzene rings is 1. The van der Waals surface area contributed by atoms with E-state index in [1.54, 1.807) is 19.1 Å². The summed E-state index contributed by atoms with van der Waals surface area (Å²) in [6, 6.07) is 6.13. The van der Waals surface area contributed by atoms with E-state index in [1.165, 1.54) is 18.3 Å². The highest BCUT2D eigenvalue weighted by Gasteiger charge is 2.15. The van der Waals surface area contributed by atoms with Gasteiger partial charge < -0.3 is 15.5 Å². The average Bonchev–Trinajstić information content (AvgIpc) is 2.45. The first-order valence-corrected chi connectivity index (χ1v) is 6.35. The Hall–Kier alpha value is -2.47. The number of aromatic hydroxyl groups is 1. The molecule has 0 spiro atoms. The smallest absolute Gasteiger partial charge is 0.358 e. The standard InChI is InChI=1S/C15H15FN2O3/c1-9-11(8-18-13(14(9)19)15(20)21)7-17-6-10-2-4-12(16)5-3-10/h2-5,8,17,19H,6-7H2,1H3,(H,20,21). The van der Waals surface area contributed by atoms with Crippen LogP contribution in [0.3, 0.4) is 0 Å². The molecular weight excluding hydrogens is 275 g/mol. The SMILES string of the molecule is Cc1c(CNCc2ccc(F)cc2)cnc(C(=O)O)c1O. The molecule has 0 fully saturated rings. The summed E-state index contributed by atoms with van der Waals surface area (Å²) in [6.07, 6.45) is 1.43. The Balaban J connectivity index is 2.02. The van der Waals surface area contributed by atoms with Crippen LogP contribution < -0.4 is 5.32 Å². The maximum atomic E-state index is 12.8. The van der Waals surface area contributed by atoms with Gasteiger partial charge in [-0.25, -0.2) is 14.2 Å². The summed E-state index contributed by atoms with van der Waals surface area (Å²) in [5, 5.41) is 21.8. The zero-order valence-electron chi connectivity index (χ0n) is 11.4. The molecule has 0 aliphatic carbocycles. The summed E-state index contributed by atoms with van der Waals surface area (Å²) in [6.45, 7) is 2.59. The molecular formula is C15H15FN2O3. The van der Waals surface area contributed by atoms with Crippen LogP contribution in [0.5, 0.6) is 5.75 Å². The minimum atomic E-state index is -1.26. The number of nitrogens with zero attached hydrogens (tertiary/aromatic N) is 1. The summed E-state index contributed by atoms with van der Waals surface area (Å²) < 4.78 is 12.8. The number of halogens is 1. The van der Waals surface area contributed by atoms with Gasteiger partial charge in [0.2, 0.25) is 0 Å². The van der Waals surface area contributed by atoms with E-state index in [9.17, 15) is 14.3 Å². The minimum absolute atomic E-state index is 0.284. The van der Waals surface area contributed by atoms with Gasteiger partial charge in [-0.2, -0.15) is 0 Å². The lowest BCUT2D eigenvalue weighted by Crippen LogP contribution is -2.14. The molecule has 0 atom stereocenters. The van der Waals surface area contributed by atoms with E-state index in [0.29, 0.717) is 24.2 Å². The number of hydrogen-bond donors (Lipinski definition) is 3. The highest BCUT2D eigenvalue weighted by Crippen LogP contribution is 2.23. The molecule has 0 saturated heterocycles. The van der Waals surface area contributed by atoms with Crippen molar-refractivity contribution in [2.75, 3.05) is 0 Å². The summed E-state index contributed by atoms with van der Waals surface area (Å²) in [5.41, 5.74) is 1.76. The number of nitrogens with one attached hydrogen (secondary N) is 1. The Bertz CT molecular complexity index is 657. The molecule has 0 saturated carbocycles. The summed E-state index contributed by atoms with van der Waals surface area (Å²) in [7, 11) is 0. The van der Waals surface area contributed by atoms with Crippen molar-refractivity contribution in [1.29, 1.82) is 0 Å². The molecule has 5 nitrogen and oxygen atoms in total. The fourth-order valence-electron chi connectivity index (χ4n) is 1.91. The normalized spacial score (nSPS) is 10.6. The van der Waals surface area contributed by atoms with Gasteiger partial charge in [0.05, 0.1) is 0 Å². The molecule has 2 aromatic rings. The third-order valence-corrected chi connectivity index (χ3v) is 3.17. The number of aromatic carboxylic acids is 1. The van der Waals surface area contributed by atoms with Gasteiger partial charge in [0.1, 0.15) is 5.82 Å². The van der Waals surface area contributed by atoms with E-state index >= 15 is 0 Å². The van der Waals surface area contributed by atoms with E-state index in [2.05, 4.69) is 10.3 Å². The predicted molar refractivity (Wildman–Crippen MR) is 74.5 cm³/mol. The lowest BCUT2D eigenvalue weighted by Gasteiger charge is -2.10. The fraction of sp³-hybridized carbons (Fsp3) is 0.200. The van der Waals surface area contributed by atoms with E-state index in [1.807, 2.05) is 0 Å². The molecule has 2 rings (SSSR count). The van der Waals surface area contributed by atoms with Crippen molar-refractivity contribution in [3.8, 4) is 5.75 Å². The molecule has 0 radical (unpaired) electrons. The van der Waals surface area contributed by atoms with Gasteiger partial charge in [0.25, 0.3) is 0 Å². The van der Waals surface area contributed by atoms with Crippen LogP contribution in [0.1, 0.15) is 27.2 Å². The Labute approximate surface area is 121 Å². The molecule has 0 bridgehead atoms. The van der Waals surface area contributed by atoms with Gasteiger partial charge >= 0.3 is 5.97 Å². The van der Waals surface area contributed by atoms with Crippen molar-refractivity contribution in [3.63, 3.8) is 0 Å². The van der Waals surface area contributed by atoms with Gasteiger partial charge in [-0.3, -0.25) is 0 Å². The van der Waals surface area contributed by atoms with Crippen molar-refractivity contribution >= 4 is 5.97 Å². The minimum Gasteiger partial charge on any atom is -0.505 e. The quantitative estimate of drug-likeness (QED) is 0.786. The number of carboxylic acid groups (broad SMARTS) is 1. The lowest BCUT2D eigenvalue weighted by molar-refractivity contribution is 0.0686. The fourth-order valence-corrected chi connectivity index (χ4v) is 1.91. The maximum absolute atomic E-state index is 12.8. The highest BCUT2D eigenvalue weighted by molar-refractivity contribution is 5.89. The van der Waals surface area contributed by atoms with Crippen LogP contribution in [0, 0.1) is 12.7 Å². The van der Waals surface area contributed by atoms with E-state index in [0.717, 1.165) is 5.56 Å². The number of carboxylic acids is 1. The van der Waals surface area contributed by atoms with Crippen LogP contribution in [0.2, 0.25) is 0 Å². The first-order valence-electron chi connectivity index (χ1n) is 6.35. The molecule has 0 amide bonds. The molecule has 0 unspecified atom stereocenters. The summed E-state index contributed by atoms with van der Waals surface area (Å²) in [4.78, 5) is 14.6. The molecule has 21 heavy (non-hydrogen) atoms. The monoisotopic (exact) mass is 290 g/mol. The second-order valence-electron chi connectivity index (χ2n) is 4.64. The molecule has 1 aromatic carbocycles. The van der Waals surface area contributed by atoms with Crippen molar-refractivity contribution in [1.82, 2.24) is 10.3 Å². The first-order chi connectivity index (χ1) is 9.99.